The van der Waals surface area contributed by atoms with Gasteiger partial charge in [0, 0.05) is 32.9 Å². The number of esters is 1. The van der Waals surface area contributed by atoms with Gasteiger partial charge in [-0.15, -0.1) is 0 Å². The van der Waals surface area contributed by atoms with Crippen LogP contribution in [0.4, 0.5) is 5.69 Å². The molecular formula is C20H30N2O4. The fourth-order valence-electron chi connectivity index (χ4n) is 3.83. The monoisotopic (exact) mass is 362 g/mol. The fourth-order valence-corrected chi connectivity index (χ4v) is 3.83. The maximum Gasteiger partial charge on any atom is 0.328 e. The zero-order valence-electron chi connectivity index (χ0n) is 16.0. The number of nitrogen functional groups attached to an aromatic ring is 1. The van der Waals surface area contributed by atoms with Gasteiger partial charge in [0.25, 0.3) is 0 Å². The third-order valence-corrected chi connectivity index (χ3v) is 5.47. The van der Waals surface area contributed by atoms with Crippen molar-refractivity contribution in [2.45, 2.75) is 44.6 Å². The number of hydrogen-bond donors (Lipinski definition) is 1. The Morgan fingerprint density at radius 2 is 1.81 bits per heavy atom. The topological polar surface area (TPSA) is 81.9 Å². The third-order valence-electron chi connectivity index (χ3n) is 5.47. The van der Waals surface area contributed by atoms with E-state index in [4.69, 9.17) is 15.2 Å². The first-order valence-electron chi connectivity index (χ1n) is 9.12. The van der Waals surface area contributed by atoms with Crippen LogP contribution in [0.1, 0.15) is 37.7 Å². The largest absolute Gasteiger partial charge is 0.467 e. The van der Waals surface area contributed by atoms with Crippen LogP contribution in [-0.2, 0) is 25.5 Å². The molecule has 1 aromatic rings. The molecule has 0 bridgehead atoms. The van der Waals surface area contributed by atoms with Gasteiger partial charge < -0.3 is 20.1 Å². The SMILES string of the molecule is COCCC1(C(=O)N(C)[C@@H](Cc2ccc(N)cc2)C(=O)OC)CCCC1. The number of anilines is 1. The summed E-state index contributed by atoms with van der Waals surface area (Å²) in [5.41, 5.74) is 6.90. The third kappa shape index (κ3) is 4.55. The normalized spacial score (nSPS) is 16.9. The van der Waals surface area contributed by atoms with Crippen molar-refractivity contribution in [1.82, 2.24) is 4.90 Å². The predicted octanol–water partition coefficient (Wildman–Crippen LogP) is 2.41. The van der Waals surface area contributed by atoms with Crippen molar-refractivity contribution in [1.29, 1.82) is 0 Å². The Bertz CT molecular complexity index is 609. The lowest BCUT2D eigenvalue weighted by Crippen LogP contribution is -2.50. The lowest BCUT2D eigenvalue weighted by molar-refractivity contribution is -0.156. The van der Waals surface area contributed by atoms with E-state index in [1.54, 1.807) is 31.2 Å². The average molecular weight is 362 g/mol. The molecule has 1 aromatic carbocycles. The lowest BCUT2D eigenvalue weighted by atomic mass is 9.81. The summed E-state index contributed by atoms with van der Waals surface area (Å²) in [6, 6.07) is 6.68. The van der Waals surface area contributed by atoms with E-state index in [1.807, 2.05) is 12.1 Å². The summed E-state index contributed by atoms with van der Waals surface area (Å²) in [7, 11) is 4.70. The Morgan fingerprint density at radius 1 is 1.19 bits per heavy atom. The van der Waals surface area contributed by atoms with Crippen LogP contribution in [0.5, 0.6) is 0 Å². The lowest BCUT2D eigenvalue weighted by Gasteiger charge is -2.35. The zero-order valence-corrected chi connectivity index (χ0v) is 16.0. The molecule has 0 saturated heterocycles. The first kappa shape index (κ1) is 20.2. The van der Waals surface area contributed by atoms with Gasteiger partial charge in [0.2, 0.25) is 5.91 Å². The van der Waals surface area contributed by atoms with Gasteiger partial charge in [-0.1, -0.05) is 25.0 Å². The molecule has 2 rings (SSSR count). The number of carbonyl (C=O) groups is 2. The molecule has 2 N–H and O–H groups in total. The number of rotatable bonds is 8. The van der Waals surface area contributed by atoms with Crippen molar-refractivity contribution >= 4 is 17.6 Å². The Labute approximate surface area is 155 Å². The van der Waals surface area contributed by atoms with Gasteiger partial charge in [0.05, 0.1) is 12.5 Å². The van der Waals surface area contributed by atoms with Gasteiger partial charge in [0.1, 0.15) is 6.04 Å². The van der Waals surface area contributed by atoms with Gasteiger partial charge in [-0.2, -0.15) is 0 Å². The summed E-state index contributed by atoms with van der Waals surface area (Å²) in [6.45, 7) is 0.542. The molecule has 0 spiro atoms. The van der Waals surface area contributed by atoms with E-state index in [9.17, 15) is 9.59 Å². The molecule has 1 fully saturated rings. The van der Waals surface area contributed by atoms with Crippen molar-refractivity contribution in [3.8, 4) is 0 Å². The van der Waals surface area contributed by atoms with Crippen LogP contribution in [0, 0.1) is 5.41 Å². The number of amides is 1. The minimum absolute atomic E-state index is 0.0119. The molecule has 0 aromatic heterocycles. The first-order valence-corrected chi connectivity index (χ1v) is 9.12. The number of carbonyl (C=O) groups excluding carboxylic acids is 2. The highest BCUT2D eigenvalue weighted by atomic mass is 16.5. The molecule has 0 radical (unpaired) electrons. The Kier molecular flexibility index (Phi) is 7.03. The highest BCUT2D eigenvalue weighted by Crippen LogP contribution is 2.43. The molecule has 0 aliphatic heterocycles. The Hall–Kier alpha value is -2.08. The molecule has 0 heterocycles. The summed E-state index contributed by atoms with van der Waals surface area (Å²) < 4.78 is 10.2. The number of likely N-dealkylation sites (N-methyl/N-ethyl adjacent to an activating group) is 1. The van der Waals surface area contributed by atoms with Crippen LogP contribution in [-0.4, -0.2) is 50.7 Å². The first-order chi connectivity index (χ1) is 12.4. The molecule has 1 atom stereocenters. The van der Waals surface area contributed by atoms with Crippen molar-refractivity contribution in [3.63, 3.8) is 0 Å². The minimum Gasteiger partial charge on any atom is -0.467 e. The zero-order chi connectivity index (χ0) is 19.2. The minimum atomic E-state index is -0.656. The number of ether oxygens (including phenoxy) is 2. The Morgan fingerprint density at radius 3 is 2.35 bits per heavy atom. The number of hydrogen-bond acceptors (Lipinski definition) is 5. The highest BCUT2D eigenvalue weighted by molar-refractivity contribution is 5.88. The van der Waals surface area contributed by atoms with Gasteiger partial charge >= 0.3 is 5.97 Å². The standard InChI is InChI=1S/C20H30N2O4/c1-22(19(24)20(12-13-25-2)10-4-5-11-20)17(18(23)26-3)14-15-6-8-16(21)9-7-15/h6-9,17H,4-5,10-14,21H2,1-3H3/t17-/m0/s1. The molecule has 6 heteroatoms. The summed E-state index contributed by atoms with van der Waals surface area (Å²) in [5.74, 6) is -0.393. The quantitative estimate of drug-likeness (QED) is 0.567. The van der Waals surface area contributed by atoms with Crippen molar-refractivity contribution in [2.75, 3.05) is 33.6 Å². The van der Waals surface area contributed by atoms with E-state index >= 15 is 0 Å². The van der Waals surface area contributed by atoms with E-state index in [1.165, 1.54) is 7.11 Å². The smallest absolute Gasteiger partial charge is 0.328 e. The van der Waals surface area contributed by atoms with E-state index in [-0.39, 0.29) is 5.91 Å². The second-order valence-corrected chi connectivity index (χ2v) is 7.13. The van der Waals surface area contributed by atoms with Crippen LogP contribution in [0.2, 0.25) is 0 Å². The van der Waals surface area contributed by atoms with Crippen LogP contribution >= 0.6 is 0 Å². The van der Waals surface area contributed by atoms with Crippen molar-refractivity contribution in [2.24, 2.45) is 5.41 Å². The summed E-state index contributed by atoms with van der Waals surface area (Å²) >= 11 is 0. The average Bonchev–Trinajstić information content (AvgIpc) is 3.14. The summed E-state index contributed by atoms with van der Waals surface area (Å²) in [5, 5.41) is 0. The van der Waals surface area contributed by atoms with E-state index in [0.717, 1.165) is 31.2 Å². The molecular weight excluding hydrogens is 332 g/mol. The predicted molar refractivity (Wildman–Crippen MR) is 101 cm³/mol. The number of methoxy groups -OCH3 is 2. The molecule has 1 amide bonds. The number of nitrogens with two attached hydrogens (primary N) is 1. The van der Waals surface area contributed by atoms with Crippen LogP contribution < -0.4 is 5.73 Å². The molecule has 6 nitrogen and oxygen atoms in total. The van der Waals surface area contributed by atoms with Crippen LogP contribution in [0.25, 0.3) is 0 Å². The summed E-state index contributed by atoms with van der Waals surface area (Å²) in [6.07, 6.45) is 4.83. The van der Waals surface area contributed by atoms with E-state index in [0.29, 0.717) is 25.1 Å². The maximum absolute atomic E-state index is 13.3. The van der Waals surface area contributed by atoms with Gasteiger partial charge in [0.15, 0.2) is 0 Å². The number of benzene rings is 1. The second-order valence-electron chi connectivity index (χ2n) is 7.13. The fraction of sp³-hybridized carbons (Fsp3) is 0.600. The number of nitrogens with zero attached hydrogens (tertiary/aromatic N) is 1. The molecule has 1 saturated carbocycles. The van der Waals surface area contributed by atoms with Crippen LogP contribution in [0.15, 0.2) is 24.3 Å². The van der Waals surface area contributed by atoms with Gasteiger partial charge in [-0.05, 0) is 37.0 Å². The Balaban J connectivity index is 2.21. The molecule has 26 heavy (non-hydrogen) atoms. The van der Waals surface area contributed by atoms with Crippen molar-refractivity contribution in [3.05, 3.63) is 29.8 Å². The second kappa shape index (κ2) is 9.03. The van der Waals surface area contributed by atoms with E-state index in [2.05, 4.69) is 0 Å². The van der Waals surface area contributed by atoms with Crippen LogP contribution in [0.3, 0.4) is 0 Å². The van der Waals surface area contributed by atoms with Crippen molar-refractivity contribution < 1.29 is 19.1 Å². The molecule has 1 aliphatic carbocycles. The molecule has 1 aliphatic rings. The molecule has 0 unspecified atom stereocenters. The highest BCUT2D eigenvalue weighted by Gasteiger charge is 2.44. The van der Waals surface area contributed by atoms with Gasteiger partial charge in [-0.25, -0.2) is 4.79 Å². The van der Waals surface area contributed by atoms with Gasteiger partial charge in [-0.3, -0.25) is 4.79 Å². The maximum atomic E-state index is 13.3. The summed E-state index contributed by atoms with van der Waals surface area (Å²) in [4.78, 5) is 27.3. The van der Waals surface area contributed by atoms with E-state index < -0.39 is 17.4 Å². The molecule has 144 valence electrons.